The number of azo groups is 1. The second-order valence-electron chi connectivity index (χ2n) is 4.24. The van der Waals surface area contributed by atoms with Gasteiger partial charge in [0.1, 0.15) is 5.69 Å². The molecule has 0 bridgehead atoms. The van der Waals surface area contributed by atoms with Gasteiger partial charge in [-0.2, -0.15) is 13.5 Å². The van der Waals surface area contributed by atoms with Gasteiger partial charge in [-0.3, -0.25) is 19.2 Å². The van der Waals surface area contributed by atoms with Gasteiger partial charge in [0.2, 0.25) is 0 Å². The molecule has 0 spiro atoms. The molecule has 0 saturated carbocycles. The Bertz CT molecular complexity index is 849. The Labute approximate surface area is 164 Å². The summed E-state index contributed by atoms with van der Waals surface area (Å²) < 4.78 is 31.6. The van der Waals surface area contributed by atoms with Crippen LogP contribution in [0.3, 0.4) is 0 Å². The normalized spacial score (nSPS) is 10.5. The van der Waals surface area contributed by atoms with E-state index in [1.165, 1.54) is 24.3 Å². The van der Waals surface area contributed by atoms with E-state index >= 15 is 0 Å². The van der Waals surface area contributed by atoms with E-state index in [0.717, 1.165) is 0 Å². The molecular weight excluding hydrogens is 365 g/mol. The molecule has 0 heterocycles. The fourth-order valence-electron chi connectivity index (χ4n) is 1.42. The van der Waals surface area contributed by atoms with Crippen molar-refractivity contribution in [3.63, 3.8) is 0 Å². The second kappa shape index (κ2) is 10.0. The van der Waals surface area contributed by atoms with Gasteiger partial charge >= 0.3 is 40.0 Å². The maximum atomic E-state index is 10.5. The molecular formula is C12H14N5NaO6S. The first-order valence-electron chi connectivity index (χ1n) is 6.07. The second-order valence-corrected chi connectivity index (χ2v) is 5.14. The predicted molar refractivity (Wildman–Crippen MR) is 93.9 cm³/mol. The van der Waals surface area contributed by atoms with Crippen molar-refractivity contribution in [2.75, 3.05) is 11.5 Å². The number of nitrogens with zero attached hydrogens (tertiary/aromatic N) is 3. The van der Waals surface area contributed by atoms with Crippen LogP contribution in [0.15, 0.2) is 52.7 Å². The first-order valence-corrected chi connectivity index (χ1v) is 7.47. The topological polar surface area (TPSA) is 194 Å². The molecule has 25 heavy (non-hydrogen) atoms. The van der Waals surface area contributed by atoms with Crippen LogP contribution in [0.1, 0.15) is 0 Å². The fraction of sp³-hybridized carbons (Fsp3) is 0. The standard InChI is InChI=1S/C12H11N5O2.Na.H2O4S.H/c13-8-1-6-12(11(14)7-8)16-15-9-2-4-10(5-3-9)17(18)19;;1-5(2,3)4;/h1-7H,13-14H2;;(H2,1,2,3,4);. The van der Waals surface area contributed by atoms with Gasteiger partial charge < -0.3 is 11.5 Å². The Balaban J connectivity index is 0.000000848. The Morgan fingerprint density at radius 3 is 1.96 bits per heavy atom. The van der Waals surface area contributed by atoms with Gasteiger partial charge in [0.15, 0.2) is 0 Å². The molecule has 0 unspecified atom stereocenters. The molecule has 0 aliphatic rings. The fourth-order valence-corrected chi connectivity index (χ4v) is 1.42. The minimum atomic E-state index is -4.67. The van der Waals surface area contributed by atoms with Crippen molar-refractivity contribution in [2.24, 2.45) is 10.2 Å². The van der Waals surface area contributed by atoms with E-state index < -0.39 is 15.3 Å². The molecule has 0 amide bonds. The van der Waals surface area contributed by atoms with E-state index in [1.807, 2.05) is 0 Å². The number of nitrogen functional groups attached to an aromatic ring is 2. The van der Waals surface area contributed by atoms with Gasteiger partial charge in [-0.25, -0.2) is 0 Å². The van der Waals surface area contributed by atoms with Gasteiger partial charge in [0.25, 0.3) is 5.69 Å². The van der Waals surface area contributed by atoms with E-state index in [4.69, 9.17) is 29.0 Å². The van der Waals surface area contributed by atoms with Crippen molar-refractivity contribution >= 4 is 68.4 Å². The summed E-state index contributed by atoms with van der Waals surface area (Å²) >= 11 is 0. The molecule has 0 atom stereocenters. The third kappa shape index (κ3) is 9.71. The number of non-ortho nitro benzene ring substituents is 1. The molecule has 130 valence electrons. The number of nitro benzene ring substituents is 1. The van der Waals surface area contributed by atoms with E-state index in [-0.39, 0.29) is 35.2 Å². The third-order valence-electron chi connectivity index (χ3n) is 2.39. The van der Waals surface area contributed by atoms with Gasteiger partial charge in [-0.05, 0) is 30.3 Å². The van der Waals surface area contributed by atoms with Crippen LogP contribution in [0.25, 0.3) is 0 Å². The zero-order valence-corrected chi connectivity index (χ0v) is 12.8. The van der Waals surface area contributed by atoms with Gasteiger partial charge in [-0.1, -0.05) is 0 Å². The summed E-state index contributed by atoms with van der Waals surface area (Å²) in [6.07, 6.45) is 0. The van der Waals surface area contributed by atoms with Crippen molar-refractivity contribution in [1.82, 2.24) is 0 Å². The number of hydrogen-bond acceptors (Lipinski definition) is 8. The van der Waals surface area contributed by atoms with Crippen LogP contribution in [0, 0.1) is 10.1 Å². The van der Waals surface area contributed by atoms with E-state index in [2.05, 4.69) is 10.2 Å². The summed E-state index contributed by atoms with van der Waals surface area (Å²) in [6.45, 7) is 0. The Kier molecular flexibility index (Phi) is 9.19. The average molecular weight is 379 g/mol. The molecule has 2 rings (SSSR count). The van der Waals surface area contributed by atoms with Crippen molar-refractivity contribution in [1.29, 1.82) is 0 Å². The summed E-state index contributed by atoms with van der Waals surface area (Å²) in [5.74, 6) is 0. The number of nitrogens with two attached hydrogens (primary N) is 2. The van der Waals surface area contributed by atoms with Crippen molar-refractivity contribution < 1.29 is 22.4 Å². The number of anilines is 2. The molecule has 2 aromatic rings. The van der Waals surface area contributed by atoms with E-state index in [1.54, 1.807) is 18.2 Å². The molecule has 11 nitrogen and oxygen atoms in total. The van der Waals surface area contributed by atoms with E-state index in [0.29, 0.717) is 22.7 Å². The summed E-state index contributed by atoms with van der Waals surface area (Å²) in [6, 6.07) is 10.6. The molecule has 0 radical (unpaired) electrons. The quantitative estimate of drug-likeness (QED) is 0.155. The molecule has 13 heteroatoms. The number of rotatable bonds is 3. The summed E-state index contributed by atoms with van der Waals surface area (Å²) in [5.41, 5.74) is 13.3. The number of benzene rings is 2. The summed E-state index contributed by atoms with van der Waals surface area (Å²) in [5, 5.41) is 18.4. The van der Waals surface area contributed by atoms with Crippen LogP contribution in [-0.4, -0.2) is 52.0 Å². The zero-order valence-electron chi connectivity index (χ0n) is 12.0. The molecule has 0 saturated heterocycles. The monoisotopic (exact) mass is 379 g/mol. The average Bonchev–Trinajstić information content (AvgIpc) is 2.45. The number of nitro groups is 1. The van der Waals surface area contributed by atoms with Gasteiger partial charge in [0, 0.05) is 17.8 Å². The van der Waals surface area contributed by atoms with E-state index in [9.17, 15) is 10.1 Å². The van der Waals surface area contributed by atoms with Crippen LogP contribution in [0.5, 0.6) is 0 Å². The van der Waals surface area contributed by atoms with Crippen LogP contribution in [-0.2, 0) is 10.4 Å². The van der Waals surface area contributed by atoms with Crippen molar-refractivity contribution in [3.05, 3.63) is 52.6 Å². The summed E-state index contributed by atoms with van der Waals surface area (Å²) in [4.78, 5) is 10.0. The van der Waals surface area contributed by atoms with Crippen LogP contribution in [0.4, 0.5) is 28.4 Å². The first kappa shape index (κ1) is 22.9. The third-order valence-corrected chi connectivity index (χ3v) is 2.39. The zero-order chi connectivity index (χ0) is 18.3. The molecule has 2 aromatic carbocycles. The molecule has 6 N–H and O–H groups in total. The van der Waals surface area contributed by atoms with Crippen molar-refractivity contribution in [2.45, 2.75) is 0 Å². The van der Waals surface area contributed by atoms with Crippen LogP contribution >= 0.6 is 0 Å². The first-order chi connectivity index (χ1) is 11.1. The Morgan fingerprint density at radius 2 is 1.52 bits per heavy atom. The molecule has 0 aromatic heterocycles. The molecule has 0 fully saturated rings. The van der Waals surface area contributed by atoms with Crippen LogP contribution < -0.4 is 11.5 Å². The number of hydrogen-bond donors (Lipinski definition) is 4. The van der Waals surface area contributed by atoms with Gasteiger partial charge in [-0.15, -0.1) is 5.11 Å². The Hall–Kier alpha value is -2.09. The van der Waals surface area contributed by atoms with Crippen molar-refractivity contribution in [3.8, 4) is 0 Å². The molecule has 0 aliphatic heterocycles. The Morgan fingerprint density at radius 1 is 1.00 bits per heavy atom. The van der Waals surface area contributed by atoms with Crippen LogP contribution in [0.2, 0.25) is 0 Å². The maximum absolute atomic E-state index is 10.5. The summed E-state index contributed by atoms with van der Waals surface area (Å²) in [7, 11) is -4.67. The van der Waals surface area contributed by atoms with Gasteiger partial charge in [0.05, 0.1) is 16.3 Å². The minimum absolute atomic E-state index is 0. The SMILES string of the molecule is Nc1ccc(N=Nc2ccc([N+](=O)[O-])cc2)c(N)c1.O=S(=O)(O)O.[NaH]. The molecule has 0 aliphatic carbocycles. The predicted octanol–water partition coefficient (Wildman–Crippen LogP) is 1.87.